The Hall–Kier alpha value is -1.76. The van der Waals surface area contributed by atoms with Crippen LogP contribution in [0.15, 0.2) is 11.2 Å². The van der Waals surface area contributed by atoms with Crippen LogP contribution in [0.4, 0.5) is 0 Å². The number of carbonyl (C=O) groups is 2. The van der Waals surface area contributed by atoms with Gasteiger partial charge in [0.2, 0.25) is 11.8 Å². The van der Waals surface area contributed by atoms with E-state index in [0.717, 1.165) is 66.4 Å². The lowest BCUT2D eigenvalue weighted by Crippen LogP contribution is -2.50. The molecule has 5 aliphatic rings. The van der Waals surface area contributed by atoms with E-state index in [0.29, 0.717) is 24.3 Å². The van der Waals surface area contributed by atoms with E-state index in [1.807, 2.05) is 11.9 Å². The lowest BCUT2D eigenvalue weighted by atomic mass is 9.67. The van der Waals surface area contributed by atoms with Crippen molar-refractivity contribution in [3.05, 3.63) is 17.5 Å². The van der Waals surface area contributed by atoms with Gasteiger partial charge in [0.1, 0.15) is 6.04 Å². The maximum Gasteiger partial charge on any atom is 0.243 e. The van der Waals surface area contributed by atoms with E-state index >= 15 is 0 Å². The Morgan fingerprint density at radius 1 is 1.00 bits per heavy atom. The fourth-order valence-corrected chi connectivity index (χ4v) is 9.17. The van der Waals surface area contributed by atoms with Crippen molar-refractivity contribution >= 4 is 29.7 Å². The molecule has 3 saturated carbocycles. The third-order valence-corrected chi connectivity index (χ3v) is 11.3. The zero-order valence-electron chi connectivity index (χ0n) is 22.5. The van der Waals surface area contributed by atoms with Crippen LogP contribution in [0.1, 0.15) is 94.9 Å². The van der Waals surface area contributed by atoms with Crippen LogP contribution in [0, 0.1) is 23.7 Å². The summed E-state index contributed by atoms with van der Waals surface area (Å²) in [6, 6.07) is 0.00477. The molecule has 1 aliphatic heterocycles. The van der Waals surface area contributed by atoms with Crippen molar-refractivity contribution in [1.29, 1.82) is 0 Å². The Balaban J connectivity index is 1.04. The molecule has 0 radical (unpaired) electrons. The smallest absolute Gasteiger partial charge is 0.243 e. The second-order valence-electron chi connectivity index (χ2n) is 12.3. The molecule has 0 aromatic carbocycles. The first-order valence-corrected chi connectivity index (χ1v) is 16.0. The van der Waals surface area contributed by atoms with E-state index in [4.69, 9.17) is 4.98 Å². The standard InChI is InChI=1S/C30H44N4O2S/c1-33-26-11-6-5-10-25(26)32-30(33)37-19-28(35)34-17-7-12-27(34)29(36)31-24-16-15-21-13-14-22(18-23(21)24)20-8-3-2-4-9-20/h6,11,20-24,27H,2-5,7-10,12-19H2,1H3,(H,31,36)/t21?,22?,23-,24?,27+/m1/s1. The molecule has 1 aromatic rings. The first-order chi connectivity index (χ1) is 18.1. The quantitative estimate of drug-likeness (QED) is 0.509. The highest BCUT2D eigenvalue weighted by molar-refractivity contribution is 7.99. The molecule has 6 nitrogen and oxygen atoms in total. The van der Waals surface area contributed by atoms with Crippen LogP contribution in [-0.2, 0) is 23.1 Å². The summed E-state index contributed by atoms with van der Waals surface area (Å²) in [6.45, 7) is 0.692. The highest BCUT2D eigenvalue weighted by Gasteiger charge is 2.44. The summed E-state index contributed by atoms with van der Waals surface area (Å²) < 4.78 is 2.10. The Morgan fingerprint density at radius 2 is 1.81 bits per heavy atom. The number of nitrogens with one attached hydrogen (secondary N) is 1. The first-order valence-electron chi connectivity index (χ1n) is 15.0. The average molecular weight is 525 g/mol. The van der Waals surface area contributed by atoms with Gasteiger partial charge in [0, 0.05) is 19.6 Å². The van der Waals surface area contributed by atoms with Crippen LogP contribution >= 0.6 is 11.8 Å². The second-order valence-corrected chi connectivity index (χ2v) is 13.3. The molecule has 1 N–H and O–H groups in total. The Labute approximate surface area is 226 Å². The fraction of sp³-hybridized carbons (Fsp3) is 0.767. The normalized spacial score (nSPS) is 31.8. The summed E-state index contributed by atoms with van der Waals surface area (Å²) in [7, 11) is 2.03. The van der Waals surface area contributed by atoms with Crippen LogP contribution < -0.4 is 5.32 Å². The van der Waals surface area contributed by atoms with Crippen LogP contribution in [0.25, 0.3) is 6.08 Å². The monoisotopic (exact) mass is 524 g/mol. The molecular weight excluding hydrogens is 480 g/mol. The highest BCUT2D eigenvalue weighted by atomic mass is 32.2. The van der Waals surface area contributed by atoms with Crippen molar-refractivity contribution in [1.82, 2.24) is 19.8 Å². The minimum atomic E-state index is -0.303. The molecule has 1 saturated heterocycles. The molecule has 5 atom stereocenters. The number of nitrogens with zero attached hydrogens (tertiary/aromatic N) is 3. The third-order valence-electron chi connectivity index (χ3n) is 10.3. The van der Waals surface area contributed by atoms with Gasteiger partial charge < -0.3 is 14.8 Å². The predicted octanol–water partition coefficient (Wildman–Crippen LogP) is 5.35. The molecule has 37 heavy (non-hydrogen) atoms. The minimum absolute atomic E-state index is 0.0680. The number of hydrogen-bond donors (Lipinski definition) is 1. The number of hydrogen-bond acceptors (Lipinski definition) is 4. The summed E-state index contributed by atoms with van der Waals surface area (Å²) in [4.78, 5) is 33.4. The Kier molecular flexibility index (Phi) is 7.69. The van der Waals surface area contributed by atoms with Gasteiger partial charge in [0.25, 0.3) is 0 Å². The van der Waals surface area contributed by atoms with E-state index in [1.165, 1.54) is 69.5 Å². The molecule has 202 valence electrons. The first kappa shape index (κ1) is 25.5. The van der Waals surface area contributed by atoms with Gasteiger partial charge in [-0.15, -0.1) is 0 Å². The zero-order valence-corrected chi connectivity index (χ0v) is 23.3. The molecule has 6 rings (SSSR count). The minimum Gasteiger partial charge on any atom is -0.351 e. The number of imidazole rings is 1. The SMILES string of the molecule is Cn1c(SCC(=O)N2CCC[C@H]2C(=O)NC2CCC3CCC(C4CCCCC4)C[C@H]32)nc2c1C=CCC2. The van der Waals surface area contributed by atoms with E-state index in [2.05, 4.69) is 22.0 Å². The van der Waals surface area contributed by atoms with Gasteiger partial charge in [0.15, 0.2) is 5.16 Å². The molecule has 3 unspecified atom stereocenters. The lowest BCUT2D eigenvalue weighted by Gasteiger charge is -2.40. The molecular formula is C30H44N4O2S. The number of aromatic nitrogens is 2. The molecule has 1 aromatic heterocycles. The van der Waals surface area contributed by atoms with Gasteiger partial charge in [-0.3, -0.25) is 9.59 Å². The molecule has 2 amide bonds. The van der Waals surface area contributed by atoms with E-state index in [9.17, 15) is 9.59 Å². The van der Waals surface area contributed by atoms with E-state index in [-0.39, 0.29) is 17.9 Å². The number of allylic oxidation sites excluding steroid dienone is 1. The predicted molar refractivity (Wildman–Crippen MR) is 148 cm³/mol. The number of carbonyl (C=O) groups excluding carboxylic acids is 2. The topological polar surface area (TPSA) is 67.2 Å². The van der Waals surface area contributed by atoms with Crippen molar-refractivity contribution in [2.45, 2.75) is 107 Å². The average Bonchev–Trinajstić information content (AvgIpc) is 3.66. The van der Waals surface area contributed by atoms with Crippen LogP contribution in [0.2, 0.25) is 0 Å². The van der Waals surface area contributed by atoms with Crippen molar-refractivity contribution in [2.24, 2.45) is 30.7 Å². The number of amides is 2. The molecule has 4 aliphatic carbocycles. The fourth-order valence-electron chi connectivity index (χ4n) is 8.28. The molecule has 0 spiro atoms. The Morgan fingerprint density at radius 3 is 2.65 bits per heavy atom. The maximum absolute atomic E-state index is 13.5. The summed E-state index contributed by atoms with van der Waals surface area (Å²) in [5.41, 5.74) is 2.28. The van der Waals surface area contributed by atoms with Gasteiger partial charge >= 0.3 is 0 Å². The summed E-state index contributed by atoms with van der Waals surface area (Å²) >= 11 is 1.51. The van der Waals surface area contributed by atoms with Crippen molar-refractivity contribution in [3.63, 3.8) is 0 Å². The lowest BCUT2D eigenvalue weighted by molar-refractivity contribution is -0.137. The number of rotatable bonds is 6. The van der Waals surface area contributed by atoms with E-state index in [1.54, 1.807) is 0 Å². The largest absolute Gasteiger partial charge is 0.351 e. The summed E-state index contributed by atoms with van der Waals surface area (Å²) in [5.74, 6) is 3.74. The highest BCUT2D eigenvalue weighted by Crippen LogP contribution is 2.48. The number of thioether (sulfide) groups is 1. The van der Waals surface area contributed by atoms with Gasteiger partial charge in [-0.05, 0) is 87.5 Å². The van der Waals surface area contributed by atoms with Crippen LogP contribution in [0.3, 0.4) is 0 Å². The number of aryl methyl sites for hydroxylation is 1. The van der Waals surface area contributed by atoms with Crippen LogP contribution in [0.5, 0.6) is 0 Å². The zero-order chi connectivity index (χ0) is 25.4. The maximum atomic E-state index is 13.5. The number of fused-ring (bicyclic) bond motifs is 2. The van der Waals surface area contributed by atoms with Crippen molar-refractivity contribution in [2.75, 3.05) is 12.3 Å². The van der Waals surface area contributed by atoms with Gasteiger partial charge in [-0.25, -0.2) is 4.98 Å². The molecule has 4 fully saturated rings. The summed E-state index contributed by atoms with van der Waals surface area (Å²) in [6.07, 6.45) is 21.6. The van der Waals surface area contributed by atoms with Gasteiger partial charge in [0.05, 0.1) is 17.1 Å². The molecule has 0 bridgehead atoms. The van der Waals surface area contributed by atoms with Gasteiger partial charge in [-0.1, -0.05) is 49.9 Å². The summed E-state index contributed by atoms with van der Waals surface area (Å²) in [5, 5.41) is 4.38. The molecule has 2 heterocycles. The molecule has 7 heteroatoms. The number of likely N-dealkylation sites (tertiary alicyclic amines) is 1. The Bertz CT molecular complexity index is 1030. The second kappa shape index (κ2) is 11.2. The third kappa shape index (κ3) is 5.26. The van der Waals surface area contributed by atoms with E-state index < -0.39 is 0 Å². The van der Waals surface area contributed by atoms with Crippen molar-refractivity contribution in [3.8, 4) is 0 Å². The van der Waals surface area contributed by atoms with Gasteiger partial charge in [-0.2, -0.15) is 0 Å². The van der Waals surface area contributed by atoms with Crippen molar-refractivity contribution < 1.29 is 9.59 Å². The van der Waals surface area contributed by atoms with Crippen LogP contribution in [-0.4, -0.2) is 50.6 Å².